The molecule has 0 spiro atoms. The number of hydrogen-bond acceptors (Lipinski definition) is 3. The smallest absolute Gasteiger partial charge is 0.225 e. The van der Waals surface area contributed by atoms with Gasteiger partial charge in [0.2, 0.25) is 11.8 Å². The van der Waals surface area contributed by atoms with E-state index in [4.69, 9.17) is 5.73 Å². The molecular formula is C14H25N3O2. The van der Waals surface area contributed by atoms with Crippen LogP contribution in [-0.2, 0) is 9.59 Å². The standard InChI is InChI=1S/C14H25N3O2/c1-9-3-2-4-11(15)12(9)14(19)17-8-7-16-13(18)10-5-6-10/h9-12H,2-8,15H2,1H3,(H,16,18)(H,17,19). The SMILES string of the molecule is CC1CCCC(N)C1C(=O)NCCNC(=O)C1CC1. The van der Waals surface area contributed by atoms with Crippen LogP contribution in [0.15, 0.2) is 0 Å². The summed E-state index contributed by atoms with van der Waals surface area (Å²) in [5.41, 5.74) is 6.04. The third-order valence-electron chi connectivity index (χ3n) is 4.25. The lowest BCUT2D eigenvalue weighted by molar-refractivity contribution is -0.128. The number of amides is 2. The molecule has 0 bridgehead atoms. The van der Waals surface area contributed by atoms with E-state index in [1.807, 2.05) is 0 Å². The number of nitrogens with one attached hydrogen (secondary N) is 2. The van der Waals surface area contributed by atoms with Crippen LogP contribution in [-0.4, -0.2) is 30.9 Å². The second-order valence-corrected chi connectivity index (χ2v) is 5.95. The van der Waals surface area contributed by atoms with Crippen LogP contribution in [0.1, 0.15) is 39.0 Å². The lowest BCUT2D eigenvalue weighted by atomic mass is 9.76. The molecule has 0 aliphatic heterocycles. The highest BCUT2D eigenvalue weighted by Crippen LogP contribution is 2.29. The van der Waals surface area contributed by atoms with E-state index < -0.39 is 0 Å². The molecule has 108 valence electrons. The third-order valence-corrected chi connectivity index (χ3v) is 4.25. The van der Waals surface area contributed by atoms with Crippen molar-refractivity contribution in [3.63, 3.8) is 0 Å². The summed E-state index contributed by atoms with van der Waals surface area (Å²) in [5.74, 6) is 0.664. The van der Waals surface area contributed by atoms with Gasteiger partial charge < -0.3 is 16.4 Å². The quantitative estimate of drug-likeness (QED) is 0.630. The maximum absolute atomic E-state index is 12.1. The van der Waals surface area contributed by atoms with Crippen molar-refractivity contribution in [3.05, 3.63) is 0 Å². The first-order chi connectivity index (χ1) is 9.09. The molecule has 4 N–H and O–H groups in total. The van der Waals surface area contributed by atoms with Crippen LogP contribution in [0.25, 0.3) is 0 Å². The molecule has 0 aromatic rings. The van der Waals surface area contributed by atoms with Crippen LogP contribution in [0, 0.1) is 17.8 Å². The summed E-state index contributed by atoms with van der Waals surface area (Å²) in [6.45, 7) is 3.10. The summed E-state index contributed by atoms with van der Waals surface area (Å²) < 4.78 is 0. The van der Waals surface area contributed by atoms with Crippen LogP contribution >= 0.6 is 0 Å². The lowest BCUT2D eigenvalue weighted by Gasteiger charge is -2.33. The van der Waals surface area contributed by atoms with E-state index in [9.17, 15) is 9.59 Å². The van der Waals surface area contributed by atoms with Gasteiger partial charge in [-0.3, -0.25) is 9.59 Å². The monoisotopic (exact) mass is 267 g/mol. The van der Waals surface area contributed by atoms with Crippen molar-refractivity contribution in [2.75, 3.05) is 13.1 Å². The topological polar surface area (TPSA) is 84.2 Å². The van der Waals surface area contributed by atoms with Gasteiger partial charge >= 0.3 is 0 Å². The van der Waals surface area contributed by atoms with E-state index in [-0.39, 0.29) is 29.7 Å². The van der Waals surface area contributed by atoms with E-state index in [1.54, 1.807) is 0 Å². The van der Waals surface area contributed by atoms with Crippen molar-refractivity contribution >= 4 is 11.8 Å². The number of nitrogens with two attached hydrogens (primary N) is 1. The fourth-order valence-electron chi connectivity index (χ4n) is 2.89. The van der Waals surface area contributed by atoms with E-state index in [1.165, 1.54) is 0 Å². The second-order valence-electron chi connectivity index (χ2n) is 5.95. The molecule has 0 aromatic heterocycles. The summed E-state index contributed by atoms with van der Waals surface area (Å²) in [6.07, 6.45) is 5.13. The Hall–Kier alpha value is -1.10. The van der Waals surface area contributed by atoms with Crippen molar-refractivity contribution in [3.8, 4) is 0 Å². The molecule has 2 amide bonds. The number of rotatable bonds is 5. The van der Waals surface area contributed by atoms with Crippen LogP contribution in [0.4, 0.5) is 0 Å². The minimum Gasteiger partial charge on any atom is -0.354 e. The molecule has 5 heteroatoms. The van der Waals surface area contributed by atoms with E-state index in [0.29, 0.717) is 19.0 Å². The third kappa shape index (κ3) is 3.93. The van der Waals surface area contributed by atoms with Gasteiger partial charge in [-0.1, -0.05) is 13.3 Å². The van der Waals surface area contributed by atoms with E-state index in [0.717, 1.165) is 32.1 Å². The minimum atomic E-state index is -0.0760. The van der Waals surface area contributed by atoms with Gasteiger partial charge in [-0.25, -0.2) is 0 Å². The molecule has 5 nitrogen and oxygen atoms in total. The zero-order chi connectivity index (χ0) is 13.8. The summed E-state index contributed by atoms with van der Waals surface area (Å²) in [7, 11) is 0. The van der Waals surface area contributed by atoms with Gasteiger partial charge in [0, 0.05) is 25.0 Å². The molecule has 2 fully saturated rings. The van der Waals surface area contributed by atoms with Crippen LogP contribution < -0.4 is 16.4 Å². The summed E-state index contributed by atoms with van der Waals surface area (Å²) in [5, 5.41) is 5.73. The summed E-state index contributed by atoms with van der Waals surface area (Å²) >= 11 is 0. The Labute approximate surface area is 114 Å². The summed E-state index contributed by atoms with van der Waals surface area (Å²) in [4.78, 5) is 23.5. The van der Waals surface area contributed by atoms with Crippen LogP contribution in [0.5, 0.6) is 0 Å². The number of hydrogen-bond donors (Lipinski definition) is 3. The first-order valence-corrected chi connectivity index (χ1v) is 7.40. The first-order valence-electron chi connectivity index (χ1n) is 7.40. The molecule has 0 saturated heterocycles. The predicted octanol–water partition coefficient (Wildman–Crippen LogP) is 0.392. The molecular weight excluding hydrogens is 242 g/mol. The van der Waals surface area contributed by atoms with E-state index in [2.05, 4.69) is 17.6 Å². The molecule has 2 saturated carbocycles. The average molecular weight is 267 g/mol. The fraction of sp³-hybridized carbons (Fsp3) is 0.857. The molecule has 0 radical (unpaired) electrons. The Morgan fingerprint density at radius 1 is 1.05 bits per heavy atom. The highest BCUT2D eigenvalue weighted by atomic mass is 16.2. The van der Waals surface area contributed by atoms with Gasteiger partial charge in [0.05, 0.1) is 5.92 Å². The lowest BCUT2D eigenvalue weighted by Crippen LogP contribution is -2.48. The normalized spacial score (nSPS) is 30.7. The minimum absolute atomic E-state index is 0.0233. The summed E-state index contributed by atoms with van der Waals surface area (Å²) in [6, 6.07) is -0.0233. The van der Waals surface area contributed by atoms with Gasteiger partial charge in [0.1, 0.15) is 0 Å². The maximum Gasteiger partial charge on any atom is 0.225 e. The van der Waals surface area contributed by atoms with Gasteiger partial charge in [0.25, 0.3) is 0 Å². The van der Waals surface area contributed by atoms with Crippen molar-refractivity contribution in [2.45, 2.75) is 45.1 Å². The number of carbonyl (C=O) groups is 2. The molecule has 2 aliphatic carbocycles. The zero-order valence-corrected chi connectivity index (χ0v) is 11.7. The van der Waals surface area contributed by atoms with Gasteiger partial charge in [-0.15, -0.1) is 0 Å². The molecule has 3 atom stereocenters. The molecule has 0 aromatic carbocycles. The average Bonchev–Trinajstić information content (AvgIpc) is 3.18. The Bertz CT molecular complexity index is 332. The molecule has 19 heavy (non-hydrogen) atoms. The van der Waals surface area contributed by atoms with Gasteiger partial charge in [-0.2, -0.15) is 0 Å². The van der Waals surface area contributed by atoms with Crippen molar-refractivity contribution in [1.82, 2.24) is 10.6 Å². The Morgan fingerprint density at radius 2 is 1.68 bits per heavy atom. The highest BCUT2D eigenvalue weighted by molar-refractivity contribution is 5.81. The molecule has 0 heterocycles. The molecule has 2 rings (SSSR count). The second kappa shape index (κ2) is 6.37. The van der Waals surface area contributed by atoms with Crippen molar-refractivity contribution in [1.29, 1.82) is 0 Å². The van der Waals surface area contributed by atoms with Crippen LogP contribution in [0.2, 0.25) is 0 Å². The van der Waals surface area contributed by atoms with Crippen molar-refractivity contribution in [2.24, 2.45) is 23.5 Å². The van der Waals surface area contributed by atoms with Crippen molar-refractivity contribution < 1.29 is 9.59 Å². The Kier molecular flexibility index (Phi) is 4.80. The van der Waals surface area contributed by atoms with Crippen LogP contribution in [0.3, 0.4) is 0 Å². The number of carbonyl (C=O) groups excluding carboxylic acids is 2. The Morgan fingerprint density at radius 3 is 2.26 bits per heavy atom. The first kappa shape index (κ1) is 14.3. The maximum atomic E-state index is 12.1. The predicted molar refractivity (Wildman–Crippen MR) is 73.2 cm³/mol. The van der Waals surface area contributed by atoms with Gasteiger partial charge in [0.15, 0.2) is 0 Å². The van der Waals surface area contributed by atoms with Gasteiger partial charge in [-0.05, 0) is 31.6 Å². The largest absolute Gasteiger partial charge is 0.354 e. The van der Waals surface area contributed by atoms with E-state index >= 15 is 0 Å². The fourth-order valence-corrected chi connectivity index (χ4v) is 2.89. The molecule has 2 aliphatic rings. The molecule has 3 unspecified atom stereocenters. The Balaban J connectivity index is 1.66. The highest BCUT2D eigenvalue weighted by Gasteiger charge is 2.33. The zero-order valence-electron chi connectivity index (χ0n) is 11.7.